The van der Waals surface area contributed by atoms with Crippen LogP contribution in [0.1, 0.15) is 6.92 Å². The largest absolute Gasteiger partial charge is 0.402 e. The first-order valence-electron chi connectivity index (χ1n) is 7.59. The molecule has 0 unspecified atom stereocenters. The maximum atomic E-state index is 5.93. The van der Waals surface area contributed by atoms with Crippen molar-refractivity contribution in [1.82, 2.24) is 9.97 Å². The van der Waals surface area contributed by atoms with Crippen molar-refractivity contribution < 1.29 is 0 Å². The molecule has 0 fully saturated rings. The lowest BCUT2D eigenvalue weighted by Gasteiger charge is -2.06. The fourth-order valence-electron chi connectivity index (χ4n) is 2.20. The lowest BCUT2D eigenvalue weighted by molar-refractivity contribution is 0.999. The van der Waals surface area contributed by atoms with E-state index in [-0.39, 0.29) is 0 Å². The predicted octanol–water partition coefficient (Wildman–Crippen LogP) is 3.21. The van der Waals surface area contributed by atoms with Gasteiger partial charge in [-0.3, -0.25) is 0 Å². The molecule has 25 heavy (non-hydrogen) atoms. The number of nitrogens with zero attached hydrogens (tertiary/aromatic N) is 3. The molecule has 0 atom stereocenters. The number of amidine groups is 1. The molecule has 0 spiro atoms. The Morgan fingerprint density at radius 2 is 1.76 bits per heavy atom. The zero-order chi connectivity index (χ0) is 17.8. The topological polar surface area (TPSA) is 116 Å². The molecule has 3 rings (SSSR count). The third kappa shape index (κ3) is 4.27. The van der Waals surface area contributed by atoms with Crippen LogP contribution in [-0.2, 0) is 0 Å². The zero-order valence-electron chi connectivity index (χ0n) is 13.7. The number of nitrogen functional groups attached to an aromatic ring is 1. The van der Waals surface area contributed by atoms with Crippen LogP contribution in [0.4, 0.5) is 11.5 Å². The van der Waals surface area contributed by atoms with E-state index in [0.717, 1.165) is 15.8 Å². The van der Waals surface area contributed by atoms with E-state index in [2.05, 4.69) is 15.0 Å². The quantitative estimate of drug-likeness (QED) is 0.288. The predicted molar refractivity (Wildman–Crippen MR) is 104 cm³/mol. The number of rotatable bonds is 4. The molecule has 0 aliphatic carbocycles. The molecule has 0 saturated carbocycles. The Morgan fingerprint density at radius 3 is 2.48 bits per heavy atom. The fraction of sp³-hybridized carbons (Fsp3) is 0.0556. The van der Waals surface area contributed by atoms with Gasteiger partial charge >= 0.3 is 0 Å². The Bertz CT molecular complexity index is 959. The maximum Gasteiger partial charge on any atom is 0.195 e. The van der Waals surface area contributed by atoms with E-state index in [1.807, 2.05) is 48.5 Å². The van der Waals surface area contributed by atoms with Gasteiger partial charge in [0, 0.05) is 21.7 Å². The van der Waals surface area contributed by atoms with Crippen LogP contribution < -0.4 is 17.2 Å². The second-order valence-corrected chi connectivity index (χ2v) is 6.48. The molecule has 0 saturated heterocycles. The van der Waals surface area contributed by atoms with Crippen molar-refractivity contribution in [1.29, 1.82) is 0 Å². The van der Waals surface area contributed by atoms with Gasteiger partial charge in [0.1, 0.15) is 5.84 Å². The molecule has 6 N–H and O–H groups in total. The first-order chi connectivity index (χ1) is 12.0. The summed E-state index contributed by atoms with van der Waals surface area (Å²) in [7, 11) is 0. The molecule has 0 aliphatic rings. The van der Waals surface area contributed by atoms with Crippen molar-refractivity contribution in [2.75, 3.05) is 5.73 Å². The minimum absolute atomic E-state index is 0.298. The Balaban J connectivity index is 2.05. The smallest absolute Gasteiger partial charge is 0.195 e. The van der Waals surface area contributed by atoms with E-state index in [4.69, 9.17) is 17.2 Å². The van der Waals surface area contributed by atoms with Gasteiger partial charge in [0.25, 0.3) is 0 Å². The molecule has 0 aliphatic heterocycles. The lowest BCUT2D eigenvalue weighted by atomic mass is 10.2. The van der Waals surface area contributed by atoms with Crippen LogP contribution in [0.5, 0.6) is 0 Å². The molecule has 1 aromatic heterocycles. The Hall–Kier alpha value is -3.06. The highest BCUT2D eigenvalue weighted by Crippen LogP contribution is 2.30. The summed E-state index contributed by atoms with van der Waals surface area (Å²) in [5, 5.41) is 1.42. The van der Waals surface area contributed by atoms with Crippen molar-refractivity contribution >= 4 is 40.0 Å². The van der Waals surface area contributed by atoms with E-state index in [1.165, 1.54) is 11.8 Å². The van der Waals surface area contributed by atoms with Gasteiger partial charge in [-0.2, -0.15) is 0 Å². The molecular weight excluding hydrogens is 332 g/mol. The highest BCUT2D eigenvalue weighted by atomic mass is 32.2. The summed E-state index contributed by atoms with van der Waals surface area (Å²) in [5.74, 6) is 0.811. The van der Waals surface area contributed by atoms with Gasteiger partial charge in [-0.05, 0) is 61.2 Å². The number of aromatic nitrogens is 2. The Morgan fingerprint density at radius 1 is 1.04 bits per heavy atom. The number of para-hydroxylation sites is 1. The standard InChI is InChI=1S/C18H18N6S/c1-11(19)10-16(21)23-17-14-4-2-3-5-15(14)22-18(24-17)25-13-8-6-12(20)7-9-13/h2-10H,19-20H2,1H3,(H2,21,22,23,24)/b11-10-. The second-order valence-electron chi connectivity index (χ2n) is 5.44. The highest BCUT2D eigenvalue weighted by Gasteiger charge is 2.09. The van der Waals surface area contributed by atoms with Crippen molar-refractivity contribution in [3.63, 3.8) is 0 Å². The van der Waals surface area contributed by atoms with E-state index in [1.54, 1.807) is 13.0 Å². The maximum absolute atomic E-state index is 5.93. The van der Waals surface area contributed by atoms with Crippen molar-refractivity contribution in [3.05, 3.63) is 60.3 Å². The summed E-state index contributed by atoms with van der Waals surface area (Å²) in [4.78, 5) is 14.5. The first-order valence-corrected chi connectivity index (χ1v) is 8.41. The van der Waals surface area contributed by atoms with Crippen LogP contribution in [0.25, 0.3) is 10.9 Å². The monoisotopic (exact) mass is 350 g/mol. The molecule has 0 radical (unpaired) electrons. The van der Waals surface area contributed by atoms with Gasteiger partial charge in [0.05, 0.1) is 5.52 Å². The van der Waals surface area contributed by atoms with Gasteiger partial charge in [-0.1, -0.05) is 12.1 Å². The van der Waals surface area contributed by atoms with Crippen LogP contribution in [0, 0.1) is 0 Å². The van der Waals surface area contributed by atoms with Crippen LogP contribution in [0.2, 0.25) is 0 Å². The van der Waals surface area contributed by atoms with Crippen LogP contribution in [0.3, 0.4) is 0 Å². The van der Waals surface area contributed by atoms with Crippen molar-refractivity contribution in [2.45, 2.75) is 17.0 Å². The lowest BCUT2D eigenvalue weighted by Crippen LogP contribution is -2.10. The van der Waals surface area contributed by atoms with Crippen molar-refractivity contribution in [2.24, 2.45) is 16.5 Å². The van der Waals surface area contributed by atoms with E-state index in [0.29, 0.717) is 28.2 Å². The van der Waals surface area contributed by atoms with Crippen LogP contribution in [0.15, 0.2) is 75.3 Å². The fourth-order valence-corrected chi connectivity index (χ4v) is 2.96. The van der Waals surface area contributed by atoms with Gasteiger partial charge < -0.3 is 17.2 Å². The molecule has 0 amide bonds. The average molecular weight is 350 g/mol. The number of nitrogens with two attached hydrogens (primary N) is 3. The van der Waals surface area contributed by atoms with Crippen LogP contribution in [-0.4, -0.2) is 15.8 Å². The van der Waals surface area contributed by atoms with Gasteiger partial charge in [0.15, 0.2) is 11.0 Å². The van der Waals surface area contributed by atoms with Gasteiger partial charge in [-0.15, -0.1) is 0 Å². The summed E-state index contributed by atoms with van der Waals surface area (Å²) in [6.07, 6.45) is 1.60. The normalized spacial score (nSPS) is 12.5. The van der Waals surface area contributed by atoms with Crippen LogP contribution >= 0.6 is 11.8 Å². The minimum Gasteiger partial charge on any atom is -0.402 e. The SMILES string of the molecule is C/C(N)=C/C(N)=Nc1nc(Sc2ccc(N)cc2)nc2ccccc12. The van der Waals surface area contributed by atoms with Gasteiger partial charge in [-0.25, -0.2) is 15.0 Å². The average Bonchev–Trinajstić information content (AvgIpc) is 2.56. The summed E-state index contributed by atoms with van der Waals surface area (Å²) < 4.78 is 0. The molecule has 0 bridgehead atoms. The van der Waals surface area contributed by atoms with E-state index < -0.39 is 0 Å². The molecular formula is C18H18N6S. The van der Waals surface area contributed by atoms with E-state index >= 15 is 0 Å². The molecule has 6 nitrogen and oxygen atoms in total. The summed E-state index contributed by atoms with van der Waals surface area (Å²) in [6, 6.07) is 15.2. The number of benzene rings is 2. The Labute approximate surface area is 149 Å². The number of hydrogen-bond donors (Lipinski definition) is 3. The van der Waals surface area contributed by atoms with Gasteiger partial charge in [0.2, 0.25) is 0 Å². The molecule has 7 heteroatoms. The zero-order valence-corrected chi connectivity index (χ0v) is 14.5. The second kappa shape index (κ2) is 7.23. The number of fused-ring (bicyclic) bond motifs is 1. The third-order valence-electron chi connectivity index (χ3n) is 3.26. The third-order valence-corrected chi connectivity index (χ3v) is 4.14. The van der Waals surface area contributed by atoms with E-state index in [9.17, 15) is 0 Å². The minimum atomic E-state index is 0.298. The number of allylic oxidation sites excluding steroid dienone is 1. The summed E-state index contributed by atoms with van der Waals surface area (Å²) >= 11 is 1.44. The Kier molecular flexibility index (Phi) is 4.85. The number of aliphatic imine (C=N–C) groups is 1. The summed E-state index contributed by atoms with van der Waals surface area (Å²) in [5.41, 5.74) is 19.4. The molecule has 126 valence electrons. The number of hydrogen-bond acceptors (Lipinski definition) is 6. The molecule has 1 heterocycles. The highest BCUT2D eigenvalue weighted by molar-refractivity contribution is 7.99. The summed E-state index contributed by atoms with van der Waals surface area (Å²) in [6.45, 7) is 1.75. The number of anilines is 1. The molecule has 2 aromatic carbocycles. The molecule has 3 aromatic rings. The first kappa shape index (κ1) is 16.8. The van der Waals surface area contributed by atoms with Crippen molar-refractivity contribution in [3.8, 4) is 0 Å².